The van der Waals surface area contributed by atoms with Gasteiger partial charge < -0.3 is 15.2 Å². The normalized spacial score (nSPS) is 20.0. The minimum atomic E-state index is 0. The van der Waals surface area contributed by atoms with Crippen LogP contribution in [0.4, 0.5) is 0 Å². The standard InChI is InChI=1S/C19H24BrN3O.ClH/c1-12-11-21-8-7-18(12)22-19(24)17-9-13(2)23(14(17)3)16-6-4-5-15(20)10-16;/h4-6,9-10,12,18,21H,7-8,11H2,1-3H3,(H,22,24);1H. The number of nitrogens with zero attached hydrogens (tertiary/aromatic N) is 1. The molecule has 0 bridgehead atoms. The molecule has 2 aromatic rings. The second kappa shape index (κ2) is 8.39. The number of carbonyl (C=O) groups excluding carboxylic acids is 1. The zero-order valence-corrected chi connectivity index (χ0v) is 17.2. The lowest BCUT2D eigenvalue weighted by Crippen LogP contribution is -2.48. The highest BCUT2D eigenvalue weighted by Crippen LogP contribution is 2.23. The van der Waals surface area contributed by atoms with Gasteiger partial charge in [-0.1, -0.05) is 28.9 Å². The van der Waals surface area contributed by atoms with Gasteiger partial charge in [0.2, 0.25) is 0 Å². The fourth-order valence-electron chi connectivity index (χ4n) is 3.48. The van der Waals surface area contributed by atoms with E-state index in [4.69, 9.17) is 0 Å². The van der Waals surface area contributed by atoms with E-state index in [9.17, 15) is 4.79 Å². The number of amides is 1. The van der Waals surface area contributed by atoms with Gasteiger partial charge in [0.1, 0.15) is 0 Å². The first kappa shape index (κ1) is 20.0. The summed E-state index contributed by atoms with van der Waals surface area (Å²) in [5.74, 6) is 0.486. The number of hydrogen-bond acceptors (Lipinski definition) is 2. The number of aryl methyl sites for hydroxylation is 1. The van der Waals surface area contributed by atoms with Gasteiger partial charge in [-0.2, -0.15) is 0 Å². The quantitative estimate of drug-likeness (QED) is 0.779. The van der Waals surface area contributed by atoms with Crippen molar-refractivity contribution in [1.82, 2.24) is 15.2 Å². The summed E-state index contributed by atoms with van der Waals surface area (Å²) in [5.41, 5.74) is 3.87. The van der Waals surface area contributed by atoms with Crippen molar-refractivity contribution in [1.29, 1.82) is 0 Å². The van der Waals surface area contributed by atoms with Gasteiger partial charge in [0.05, 0.1) is 5.56 Å². The molecule has 2 N–H and O–H groups in total. The minimum absolute atomic E-state index is 0. The van der Waals surface area contributed by atoms with E-state index >= 15 is 0 Å². The molecule has 6 heteroatoms. The van der Waals surface area contributed by atoms with Crippen LogP contribution in [0.2, 0.25) is 0 Å². The summed E-state index contributed by atoms with van der Waals surface area (Å²) < 4.78 is 3.16. The molecule has 1 saturated heterocycles. The van der Waals surface area contributed by atoms with Gasteiger partial charge >= 0.3 is 0 Å². The number of nitrogens with one attached hydrogen (secondary N) is 2. The van der Waals surface area contributed by atoms with Crippen molar-refractivity contribution < 1.29 is 4.79 Å². The Balaban J connectivity index is 0.00000225. The maximum Gasteiger partial charge on any atom is 0.253 e. The van der Waals surface area contributed by atoms with E-state index in [0.717, 1.165) is 46.6 Å². The molecule has 2 atom stereocenters. The summed E-state index contributed by atoms with van der Waals surface area (Å²) >= 11 is 3.52. The Hall–Kier alpha value is -1.30. The number of benzene rings is 1. The molecule has 25 heavy (non-hydrogen) atoms. The van der Waals surface area contributed by atoms with Crippen molar-refractivity contribution >= 4 is 34.2 Å². The number of aromatic nitrogens is 1. The molecule has 2 heterocycles. The topological polar surface area (TPSA) is 46.1 Å². The van der Waals surface area contributed by atoms with E-state index in [2.05, 4.69) is 50.2 Å². The Kier molecular flexibility index (Phi) is 6.72. The third-order valence-corrected chi connectivity index (χ3v) is 5.34. The van der Waals surface area contributed by atoms with Crippen LogP contribution in [0.1, 0.15) is 35.1 Å². The monoisotopic (exact) mass is 425 g/mol. The molecular weight excluding hydrogens is 402 g/mol. The van der Waals surface area contributed by atoms with E-state index < -0.39 is 0 Å². The van der Waals surface area contributed by atoms with Gasteiger partial charge in [-0.25, -0.2) is 0 Å². The van der Waals surface area contributed by atoms with Crippen LogP contribution in [0, 0.1) is 19.8 Å². The van der Waals surface area contributed by atoms with Gasteiger partial charge in [0.15, 0.2) is 0 Å². The molecule has 0 aliphatic carbocycles. The van der Waals surface area contributed by atoms with Crippen LogP contribution >= 0.6 is 28.3 Å². The summed E-state index contributed by atoms with van der Waals surface area (Å²) in [7, 11) is 0. The largest absolute Gasteiger partial charge is 0.349 e. The average molecular weight is 427 g/mol. The Morgan fingerprint density at radius 3 is 2.76 bits per heavy atom. The Morgan fingerprint density at radius 2 is 2.08 bits per heavy atom. The number of halogens is 2. The van der Waals surface area contributed by atoms with Crippen LogP contribution in [0.25, 0.3) is 5.69 Å². The van der Waals surface area contributed by atoms with Crippen molar-refractivity contribution in [2.75, 3.05) is 13.1 Å². The van der Waals surface area contributed by atoms with E-state index in [0.29, 0.717) is 5.92 Å². The van der Waals surface area contributed by atoms with Gasteiger partial charge in [-0.15, -0.1) is 12.4 Å². The van der Waals surface area contributed by atoms with Crippen molar-refractivity contribution in [2.45, 2.75) is 33.2 Å². The summed E-state index contributed by atoms with van der Waals surface area (Å²) in [4.78, 5) is 12.8. The predicted octanol–water partition coefficient (Wildman–Crippen LogP) is 4.01. The maximum atomic E-state index is 12.8. The third-order valence-electron chi connectivity index (χ3n) is 4.84. The van der Waals surface area contributed by atoms with Crippen molar-refractivity contribution in [2.24, 2.45) is 5.92 Å². The molecule has 1 amide bonds. The number of piperidine rings is 1. The van der Waals surface area contributed by atoms with Crippen LogP contribution in [-0.2, 0) is 0 Å². The lowest BCUT2D eigenvalue weighted by molar-refractivity contribution is 0.0913. The van der Waals surface area contributed by atoms with Crippen LogP contribution in [0.15, 0.2) is 34.8 Å². The molecule has 1 aromatic carbocycles. The molecule has 136 valence electrons. The first-order chi connectivity index (χ1) is 11.5. The molecular formula is C19H25BrClN3O. The maximum absolute atomic E-state index is 12.8. The fourth-order valence-corrected chi connectivity index (χ4v) is 3.87. The zero-order valence-electron chi connectivity index (χ0n) is 14.8. The Morgan fingerprint density at radius 1 is 1.32 bits per heavy atom. The third kappa shape index (κ3) is 4.27. The lowest BCUT2D eigenvalue weighted by atomic mass is 9.95. The molecule has 0 spiro atoms. The molecule has 0 radical (unpaired) electrons. The second-order valence-corrected chi connectivity index (χ2v) is 7.57. The van der Waals surface area contributed by atoms with E-state index in [1.54, 1.807) is 0 Å². The van der Waals surface area contributed by atoms with Crippen LogP contribution < -0.4 is 10.6 Å². The molecule has 1 aliphatic rings. The first-order valence-electron chi connectivity index (χ1n) is 8.44. The molecule has 1 aliphatic heterocycles. The smallest absolute Gasteiger partial charge is 0.253 e. The highest BCUT2D eigenvalue weighted by atomic mass is 79.9. The van der Waals surface area contributed by atoms with Gasteiger partial charge in [0.25, 0.3) is 5.91 Å². The van der Waals surface area contributed by atoms with Crippen LogP contribution in [-0.4, -0.2) is 29.6 Å². The number of hydrogen-bond donors (Lipinski definition) is 2. The average Bonchev–Trinajstić information content (AvgIpc) is 2.84. The molecule has 2 unspecified atom stereocenters. The molecule has 4 nitrogen and oxygen atoms in total. The summed E-state index contributed by atoms with van der Waals surface area (Å²) in [6.07, 6.45) is 0.983. The van der Waals surface area contributed by atoms with Crippen molar-refractivity contribution in [3.63, 3.8) is 0 Å². The van der Waals surface area contributed by atoms with Crippen LogP contribution in [0.5, 0.6) is 0 Å². The van der Waals surface area contributed by atoms with E-state index in [1.165, 1.54) is 0 Å². The Labute approximate surface area is 163 Å². The Bertz CT molecular complexity index is 759. The van der Waals surface area contributed by atoms with E-state index in [1.807, 2.05) is 32.0 Å². The summed E-state index contributed by atoms with van der Waals surface area (Å²) in [6, 6.07) is 10.4. The SMILES string of the molecule is Cc1cc(C(=O)NC2CCNCC2C)c(C)n1-c1cccc(Br)c1.Cl. The van der Waals surface area contributed by atoms with Gasteiger partial charge in [-0.3, -0.25) is 4.79 Å². The van der Waals surface area contributed by atoms with Crippen molar-refractivity contribution in [3.8, 4) is 5.69 Å². The van der Waals surface area contributed by atoms with Crippen molar-refractivity contribution in [3.05, 3.63) is 51.8 Å². The van der Waals surface area contributed by atoms with Gasteiger partial charge in [-0.05, 0) is 63.5 Å². The fraction of sp³-hybridized carbons (Fsp3) is 0.421. The molecule has 3 rings (SSSR count). The number of carbonyl (C=O) groups is 1. The van der Waals surface area contributed by atoms with Crippen LogP contribution in [0.3, 0.4) is 0 Å². The van der Waals surface area contributed by atoms with E-state index in [-0.39, 0.29) is 24.4 Å². The second-order valence-electron chi connectivity index (χ2n) is 6.65. The number of rotatable bonds is 3. The molecule has 0 saturated carbocycles. The highest BCUT2D eigenvalue weighted by Gasteiger charge is 2.25. The molecule has 1 fully saturated rings. The first-order valence-corrected chi connectivity index (χ1v) is 9.23. The summed E-state index contributed by atoms with van der Waals surface area (Å²) in [6.45, 7) is 8.16. The highest BCUT2D eigenvalue weighted by molar-refractivity contribution is 9.10. The predicted molar refractivity (Wildman–Crippen MR) is 108 cm³/mol. The summed E-state index contributed by atoms with van der Waals surface area (Å²) in [5, 5.41) is 6.60. The minimum Gasteiger partial charge on any atom is -0.349 e. The van der Waals surface area contributed by atoms with Gasteiger partial charge in [0, 0.05) is 27.6 Å². The lowest BCUT2D eigenvalue weighted by Gasteiger charge is -2.30. The molecule has 1 aromatic heterocycles. The zero-order chi connectivity index (χ0) is 17.3.